The number of hydrogen-bond donors (Lipinski definition) is 2. The first kappa shape index (κ1) is 11.2. The molecule has 2 N–H and O–H groups in total. The van der Waals surface area contributed by atoms with Gasteiger partial charge in [-0.3, -0.25) is 9.89 Å². The van der Waals surface area contributed by atoms with E-state index >= 15 is 0 Å². The van der Waals surface area contributed by atoms with Crippen molar-refractivity contribution in [3.8, 4) is 0 Å². The lowest BCUT2D eigenvalue weighted by atomic mass is 10.4. The van der Waals surface area contributed by atoms with Gasteiger partial charge in [0.1, 0.15) is 5.82 Å². The van der Waals surface area contributed by atoms with E-state index in [9.17, 15) is 4.79 Å². The molecule has 6 nitrogen and oxygen atoms in total. The van der Waals surface area contributed by atoms with Crippen molar-refractivity contribution in [3.63, 3.8) is 0 Å². The highest BCUT2D eigenvalue weighted by Gasteiger charge is 2.28. The van der Waals surface area contributed by atoms with Gasteiger partial charge in [-0.05, 0) is 25.0 Å². The summed E-state index contributed by atoms with van der Waals surface area (Å²) in [5, 5.41) is 9.61. The maximum Gasteiger partial charge on any atom is 0.296 e. The van der Waals surface area contributed by atoms with Crippen molar-refractivity contribution < 1.29 is 4.79 Å². The second-order valence-corrected chi connectivity index (χ2v) is 4.51. The number of rotatable bonds is 3. The molecule has 0 saturated heterocycles. The number of hydrogen-bond acceptors (Lipinski definition) is 4. The molecule has 1 fully saturated rings. The monoisotopic (exact) mass is 263 g/mol. The fourth-order valence-corrected chi connectivity index (χ4v) is 1.73. The number of pyridine rings is 1. The van der Waals surface area contributed by atoms with Gasteiger partial charge < -0.3 is 5.32 Å². The average Bonchev–Trinajstić information content (AvgIpc) is 3.10. The molecule has 0 unspecified atom stereocenters. The highest BCUT2D eigenvalue weighted by atomic mass is 35.5. The zero-order chi connectivity index (χ0) is 12.5. The summed E-state index contributed by atoms with van der Waals surface area (Å²) in [5.74, 6) is 1.20. The van der Waals surface area contributed by atoms with E-state index in [4.69, 9.17) is 11.6 Å². The van der Waals surface area contributed by atoms with E-state index in [0.717, 1.165) is 18.7 Å². The van der Waals surface area contributed by atoms with Crippen LogP contribution in [0.2, 0.25) is 5.02 Å². The molecular weight excluding hydrogens is 254 g/mol. The molecule has 1 amide bonds. The lowest BCUT2D eigenvalue weighted by molar-refractivity contribution is 0.101. The van der Waals surface area contributed by atoms with Gasteiger partial charge in [0.25, 0.3) is 5.91 Å². The van der Waals surface area contributed by atoms with Gasteiger partial charge in [-0.25, -0.2) is 9.97 Å². The van der Waals surface area contributed by atoms with Crippen LogP contribution in [0.5, 0.6) is 0 Å². The maximum atomic E-state index is 11.9. The van der Waals surface area contributed by atoms with Gasteiger partial charge in [-0.15, -0.1) is 5.10 Å². The number of nitrogens with one attached hydrogen (secondary N) is 2. The van der Waals surface area contributed by atoms with E-state index in [2.05, 4.69) is 25.5 Å². The summed E-state index contributed by atoms with van der Waals surface area (Å²) in [7, 11) is 0. The minimum absolute atomic E-state index is 0.110. The normalized spacial score (nSPS) is 14.5. The number of H-pyrrole nitrogens is 1. The first-order chi connectivity index (χ1) is 8.74. The minimum Gasteiger partial charge on any atom is -0.303 e. The second kappa shape index (κ2) is 4.38. The number of amides is 1. The maximum absolute atomic E-state index is 11.9. The summed E-state index contributed by atoms with van der Waals surface area (Å²) in [6.45, 7) is 0. The predicted molar refractivity (Wildman–Crippen MR) is 65.6 cm³/mol. The van der Waals surface area contributed by atoms with Crippen molar-refractivity contribution in [2.75, 3.05) is 5.32 Å². The fraction of sp³-hybridized carbons (Fsp3) is 0.273. The largest absolute Gasteiger partial charge is 0.303 e. The lowest BCUT2D eigenvalue weighted by Gasteiger charge is -2.02. The standard InChI is InChI=1S/C11H10ClN5O/c12-7-2-1-5-13-9(7)15-11(18)10-14-8(16-17-10)6-3-4-6/h1-2,5-6H,3-4H2,(H,13,15,18)(H,14,16,17). The molecule has 0 radical (unpaired) electrons. The summed E-state index contributed by atoms with van der Waals surface area (Å²) in [6, 6.07) is 3.34. The molecule has 0 spiro atoms. The van der Waals surface area contributed by atoms with Crippen molar-refractivity contribution in [2.45, 2.75) is 18.8 Å². The molecule has 1 aliphatic carbocycles. The van der Waals surface area contributed by atoms with E-state index in [1.807, 2.05) is 0 Å². The molecule has 0 aliphatic heterocycles. The van der Waals surface area contributed by atoms with Crippen molar-refractivity contribution in [3.05, 3.63) is 35.0 Å². The van der Waals surface area contributed by atoms with Crippen molar-refractivity contribution in [1.82, 2.24) is 20.2 Å². The first-order valence-corrected chi connectivity index (χ1v) is 5.96. The van der Waals surface area contributed by atoms with E-state index < -0.39 is 5.91 Å². The molecule has 0 bridgehead atoms. The van der Waals surface area contributed by atoms with Crippen LogP contribution in [-0.4, -0.2) is 26.1 Å². The lowest BCUT2D eigenvalue weighted by Crippen LogP contribution is -2.15. The second-order valence-electron chi connectivity index (χ2n) is 4.11. The molecule has 2 aromatic heterocycles. The van der Waals surface area contributed by atoms with Gasteiger partial charge in [0, 0.05) is 12.1 Å². The van der Waals surface area contributed by atoms with Gasteiger partial charge in [0.2, 0.25) is 5.82 Å². The van der Waals surface area contributed by atoms with Crippen LogP contribution < -0.4 is 5.32 Å². The Morgan fingerprint density at radius 2 is 2.33 bits per heavy atom. The quantitative estimate of drug-likeness (QED) is 0.887. The number of carbonyl (C=O) groups excluding carboxylic acids is 1. The van der Waals surface area contributed by atoms with Crippen LogP contribution in [0.1, 0.15) is 35.2 Å². The summed E-state index contributed by atoms with van der Waals surface area (Å²) < 4.78 is 0. The third kappa shape index (κ3) is 2.19. The molecule has 0 aromatic carbocycles. The Hall–Kier alpha value is -1.95. The average molecular weight is 264 g/mol. The molecule has 1 aliphatic rings. The number of halogens is 1. The van der Waals surface area contributed by atoms with Crippen LogP contribution in [0.4, 0.5) is 5.82 Å². The van der Waals surface area contributed by atoms with Crippen LogP contribution in [0.25, 0.3) is 0 Å². The molecule has 0 atom stereocenters. The SMILES string of the molecule is O=C(Nc1ncccc1Cl)c1n[nH]c(C2CC2)n1. The van der Waals surface area contributed by atoms with E-state index in [1.165, 1.54) is 0 Å². The molecule has 1 saturated carbocycles. The Kier molecular flexibility index (Phi) is 2.71. The van der Waals surface area contributed by atoms with E-state index in [1.54, 1.807) is 18.3 Å². The van der Waals surface area contributed by atoms with Crippen molar-refractivity contribution >= 4 is 23.3 Å². The van der Waals surface area contributed by atoms with E-state index in [-0.39, 0.29) is 5.82 Å². The smallest absolute Gasteiger partial charge is 0.296 e. The Bertz CT molecular complexity index is 593. The number of aromatic nitrogens is 4. The number of nitrogens with zero attached hydrogens (tertiary/aromatic N) is 3. The van der Waals surface area contributed by atoms with Gasteiger partial charge in [0.15, 0.2) is 5.82 Å². The summed E-state index contributed by atoms with van der Waals surface area (Å²) in [5.41, 5.74) is 0. The highest BCUT2D eigenvalue weighted by Crippen LogP contribution is 2.37. The summed E-state index contributed by atoms with van der Waals surface area (Å²) in [4.78, 5) is 20.0. The topological polar surface area (TPSA) is 83.6 Å². The van der Waals surface area contributed by atoms with E-state index in [0.29, 0.717) is 16.8 Å². The molecular formula is C11H10ClN5O. The van der Waals surface area contributed by atoms with Gasteiger partial charge >= 0.3 is 0 Å². The van der Waals surface area contributed by atoms with Crippen molar-refractivity contribution in [2.24, 2.45) is 0 Å². The zero-order valence-corrected chi connectivity index (χ0v) is 10.1. The summed E-state index contributed by atoms with van der Waals surface area (Å²) in [6.07, 6.45) is 3.75. The van der Waals surface area contributed by atoms with Crippen LogP contribution in [0.15, 0.2) is 18.3 Å². The fourth-order valence-electron chi connectivity index (χ4n) is 1.56. The Morgan fingerprint density at radius 3 is 3.06 bits per heavy atom. The van der Waals surface area contributed by atoms with Crippen LogP contribution in [0, 0.1) is 0 Å². The van der Waals surface area contributed by atoms with Gasteiger partial charge in [-0.1, -0.05) is 11.6 Å². The third-order valence-corrected chi connectivity index (χ3v) is 2.97. The third-order valence-electron chi connectivity index (χ3n) is 2.66. The zero-order valence-electron chi connectivity index (χ0n) is 9.35. The van der Waals surface area contributed by atoms with Crippen LogP contribution in [-0.2, 0) is 0 Å². The molecule has 7 heteroatoms. The highest BCUT2D eigenvalue weighted by molar-refractivity contribution is 6.33. The molecule has 2 heterocycles. The van der Waals surface area contributed by atoms with Gasteiger partial charge in [-0.2, -0.15) is 0 Å². The van der Waals surface area contributed by atoms with Crippen molar-refractivity contribution in [1.29, 1.82) is 0 Å². The Labute approximate surface area is 108 Å². The number of carbonyl (C=O) groups is 1. The predicted octanol–water partition coefficient (Wildman–Crippen LogP) is 1.98. The molecule has 3 rings (SSSR count). The molecule has 2 aromatic rings. The Balaban J connectivity index is 1.76. The number of aromatic amines is 1. The number of anilines is 1. The first-order valence-electron chi connectivity index (χ1n) is 5.58. The minimum atomic E-state index is -0.418. The van der Waals surface area contributed by atoms with Crippen LogP contribution >= 0.6 is 11.6 Å². The Morgan fingerprint density at radius 1 is 1.50 bits per heavy atom. The summed E-state index contributed by atoms with van der Waals surface area (Å²) >= 11 is 5.90. The van der Waals surface area contributed by atoms with Crippen LogP contribution in [0.3, 0.4) is 0 Å². The van der Waals surface area contributed by atoms with Gasteiger partial charge in [0.05, 0.1) is 5.02 Å². The molecule has 92 valence electrons. The molecule has 18 heavy (non-hydrogen) atoms.